The van der Waals surface area contributed by atoms with Gasteiger partial charge in [0.15, 0.2) is 6.10 Å². The molecule has 0 aliphatic heterocycles. The van der Waals surface area contributed by atoms with Gasteiger partial charge in [0.05, 0.1) is 6.54 Å². The maximum absolute atomic E-state index is 12.1. The molecule has 23 heavy (non-hydrogen) atoms. The highest BCUT2D eigenvalue weighted by Gasteiger charge is 2.17. The van der Waals surface area contributed by atoms with E-state index in [0.29, 0.717) is 25.3 Å². The largest absolute Gasteiger partial charge is 0.492 e. The minimum Gasteiger partial charge on any atom is -0.492 e. The zero-order chi connectivity index (χ0) is 16.5. The van der Waals surface area contributed by atoms with Gasteiger partial charge in [0.2, 0.25) is 0 Å². The molecule has 0 fully saturated rings. The van der Waals surface area contributed by atoms with Gasteiger partial charge in [0, 0.05) is 0 Å². The molecule has 2 aromatic rings. The van der Waals surface area contributed by atoms with Gasteiger partial charge in [0.1, 0.15) is 18.1 Å². The molecular formula is C19H23NO3. The molecule has 1 N–H and O–H groups in total. The quantitative estimate of drug-likeness (QED) is 0.760. The molecule has 0 aliphatic rings. The summed E-state index contributed by atoms with van der Waals surface area (Å²) < 4.78 is 11.3. The zero-order valence-electron chi connectivity index (χ0n) is 13.6. The number of carbonyl (C=O) groups excluding carboxylic acids is 1. The first-order valence-corrected chi connectivity index (χ1v) is 7.88. The molecule has 0 bridgehead atoms. The summed E-state index contributed by atoms with van der Waals surface area (Å²) in [5.74, 6) is 1.38. The summed E-state index contributed by atoms with van der Waals surface area (Å²) in [6, 6.07) is 17.2. The summed E-state index contributed by atoms with van der Waals surface area (Å²) in [5, 5.41) is 2.85. The summed E-state index contributed by atoms with van der Waals surface area (Å²) in [6.07, 6.45) is 0.122. The Labute approximate surface area is 137 Å². The number of hydrogen-bond donors (Lipinski definition) is 1. The minimum absolute atomic E-state index is 0.121. The van der Waals surface area contributed by atoms with Crippen molar-refractivity contribution in [1.82, 2.24) is 5.32 Å². The third-order valence-electron chi connectivity index (χ3n) is 3.38. The molecule has 4 nitrogen and oxygen atoms in total. The summed E-state index contributed by atoms with van der Waals surface area (Å²) in [7, 11) is 0. The van der Waals surface area contributed by atoms with Crippen LogP contribution in [0, 0.1) is 6.92 Å². The highest BCUT2D eigenvalue weighted by atomic mass is 16.5. The summed E-state index contributed by atoms with van der Waals surface area (Å²) in [5.41, 5.74) is 1.19. The summed E-state index contributed by atoms with van der Waals surface area (Å²) in [6.45, 7) is 4.83. The highest BCUT2D eigenvalue weighted by molar-refractivity contribution is 5.81. The number of rotatable bonds is 8. The van der Waals surface area contributed by atoms with Crippen molar-refractivity contribution in [2.75, 3.05) is 13.2 Å². The Morgan fingerprint density at radius 1 is 1.04 bits per heavy atom. The molecule has 0 aromatic heterocycles. The lowest BCUT2D eigenvalue weighted by Crippen LogP contribution is -2.39. The molecule has 0 unspecified atom stereocenters. The maximum Gasteiger partial charge on any atom is 0.261 e. The molecule has 4 heteroatoms. The van der Waals surface area contributed by atoms with Gasteiger partial charge in [-0.25, -0.2) is 0 Å². The molecule has 0 saturated carbocycles. The van der Waals surface area contributed by atoms with Gasteiger partial charge in [0.25, 0.3) is 5.91 Å². The minimum atomic E-state index is -0.489. The second-order valence-electron chi connectivity index (χ2n) is 5.28. The van der Waals surface area contributed by atoms with Gasteiger partial charge < -0.3 is 14.8 Å². The molecule has 1 amide bonds. The van der Waals surface area contributed by atoms with Gasteiger partial charge in [-0.05, 0) is 37.6 Å². The van der Waals surface area contributed by atoms with E-state index < -0.39 is 6.10 Å². The van der Waals surface area contributed by atoms with Crippen molar-refractivity contribution in [3.05, 3.63) is 60.2 Å². The van der Waals surface area contributed by atoms with Crippen LogP contribution >= 0.6 is 0 Å². The molecule has 2 rings (SSSR count). The van der Waals surface area contributed by atoms with Gasteiger partial charge in [-0.15, -0.1) is 0 Å². The molecule has 0 spiro atoms. The van der Waals surface area contributed by atoms with Crippen LogP contribution in [0.2, 0.25) is 0 Å². The number of benzene rings is 2. The van der Waals surface area contributed by atoms with E-state index in [4.69, 9.17) is 9.47 Å². The monoisotopic (exact) mass is 313 g/mol. The molecule has 0 heterocycles. The fourth-order valence-electron chi connectivity index (χ4n) is 2.08. The molecule has 1 atom stereocenters. The van der Waals surface area contributed by atoms with Crippen LogP contribution in [0.15, 0.2) is 54.6 Å². The topological polar surface area (TPSA) is 47.6 Å². The lowest BCUT2D eigenvalue weighted by atomic mass is 10.2. The Morgan fingerprint density at radius 3 is 2.39 bits per heavy atom. The maximum atomic E-state index is 12.1. The van der Waals surface area contributed by atoms with Crippen LogP contribution in [-0.4, -0.2) is 25.2 Å². The molecule has 2 aromatic carbocycles. The second-order valence-corrected chi connectivity index (χ2v) is 5.28. The Hall–Kier alpha value is -2.49. The van der Waals surface area contributed by atoms with E-state index >= 15 is 0 Å². The van der Waals surface area contributed by atoms with Crippen molar-refractivity contribution in [1.29, 1.82) is 0 Å². The first-order valence-electron chi connectivity index (χ1n) is 7.88. The number of nitrogens with one attached hydrogen (secondary N) is 1. The first-order chi connectivity index (χ1) is 11.2. The van der Waals surface area contributed by atoms with E-state index in [1.807, 2.05) is 68.4 Å². The summed E-state index contributed by atoms with van der Waals surface area (Å²) >= 11 is 0. The number of para-hydroxylation sites is 1. The van der Waals surface area contributed by atoms with Crippen LogP contribution in [0.25, 0.3) is 0 Å². The standard InChI is InChI=1S/C19H23NO3/c1-3-18(23-17-7-5-4-6-8-17)19(21)20-13-14-22-16-11-9-15(2)10-12-16/h4-12,18H,3,13-14H2,1-2H3,(H,20,21)/t18-/m1/s1. The smallest absolute Gasteiger partial charge is 0.261 e. The van der Waals surface area contributed by atoms with Crippen molar-refractivity contribution in [2.24, 2.45) is 0 Å². The average molecular weight is 313 g/mol. The van der Waals surface area contributed by atoms with E-state index in [2.05, 4.69) is 5.32 Å². The van der Waals surface area contributed by atoms with Crippen LogP contribution in [0.1, 0.15) is 18.9 Å². The molecule has 122 valence electrons. The second kappa shape index (κ2) is 8.83. The third-order valence-corrected chi connectivity index (χ3v) is 3.38. The van der Waals surface area contributed by atoms with E-state index in [1.165, 1.54) is 5.56 Å². The van der Waals surface area contributed by atoms with Gasteiger partial charge in [-0.1, -0.05) is 42.8 Å². The lowest BCUT2D eigenvalue weighted by molar-refractivity contribution is -0.128. The van der Waals surface area contributed by atoms with Crippen LogP contribution in [0.3, 0.4) is 0 Å². The van der Waals surface area contributed by atoms with Gasteiger partial charge in [-0.3, -0.25) is 4.79 Å². The lowest BCUT2D eigenvalue weighted by Gasteiger charge is -2.17. The fraction of sp³-hybridized carbons (Fsp3) is 0.316. The molecule has 0 aliphatic carbocycles. The van der Waals surface area contributed by atoms with Crippen molar-refractivity contribution in [2.45, 2.75) is 26.4 Å². The molecule has 0 radical (unpaired) electrons. The summed E-state index contributed by atoms with van der Waals surface area (Å²) in [4.78, 5) is 12.1. The van der Waals surface area contributed by atoms with Crippen molar-refractivity contribution in [3.8, 4) is 11.5 Å². The normalized spacial score (nSPS) is 11.6. The fourth-order valence-corrected chi connectivity index (χ4v) is 2.08. The SMILES string of the molecule is CC[C@@H](Oc1ccccc1)C(=O)NCCOc1ccc(C)cc1. The van der Waals surface area contributed by atoms with Crippen LogP contribution in [-0.2, 0) is 4.79 Å². The van der Waals surface area contributed by atoms with Crippen molar-refractivity contribution >= 4 is 5.91 Å². The predicted octanol–water partition coefficient (Wildman–Crippen LogP) is 3.35. The highest BCUT2D eigenvalue weighted by Crippen LogP contribution is 2.13. The van der Waals surface area contributed by atoms with Crippen LogP contribution in [0.5, 0.6) is 11.5 Å². The number of ether oxygens (including phenoxy) is 2. The third kappa shape index (κ3) is 5.66. The van der Waals surface area contributed by atoms with Crippen molar-refractivity contribution in [3.63, 3.8) is 0 Å². The zero-order valence-corrected chi connectivity index (χ0v) is 13.6. The average Bonchev–Trinajstić information content (AvgIpc) is 2.59. The number of aryl methyl sites for hydroxylation is 1. The predicted molar refractivity (Wildman–Crippen MR) is 90.8 cm³/mol. The first kappa shape index (κ1) is 16.9. The molecular weight excluding hydrogens is 290 g/mol. The van der Waals surface area contributed by atoms with Crippen molar-refractivity contribution < 1.29 is 14.3 Å². The Morgan fingerprint density at radius 2 is 1.74 bits per heavy atom. The number of hydrogen-bond acceptors (Lipinski definition) is 3. The van der Waals surface area contributed by atoms with Gasteiger partial charge in [-0.2, -0.15) is 0 Å². The van der Waals surface area contributed by atoms with E-state index in [9.17, 15) is 4.79 Å². The van der Waals surface area contributed by atoms with E-state index in [0.717, 1.165) is 5.75 Å². The Kier molecular flexibility index (Phi) is 6.48. The Bertz CT molecular complexity index is 596. The molecule has 0 saturated heterocycles. The van der Waals surface area contributed by atoms with Crippen LogP contribution < -0.4 is 14.8 Å². The van der Waals surface area contributed by atoms with E-state index in [-0.39, 0.29) is 5.91 Å². The number of carbonyl (C=O) groups is 1. The Balaban J connectivity index is 1.73. The van der Waals surface area contributed by atoms with Crippen LogP contribution in [0.4, 0.5) is 0 Å². The number of amides is 1. The van der Waals surface area contributed by atoms with E-state index in [1.54, 1.807) is 0 Å². The van der Waals surface area contributed by atoms with Gasteiger partial charge >= 0.3 is 0 Å².